The van der Waals surface area contributed by atoms with E-state index in [1.165, 1.54) is 6.08 Å². The minimum atomic E-state index is -1.67. The molecule has 5 N–H and O–H groups in total. The van der Waals surface area contributed by atoms with Gasteiger partial charge in [0.1, 0.15) is 24.4 Å². The number of aliphatic carboxylic acids is 1. The smallest absolute Gasteiger partial charge is 0.337 e. The third-order valence-electron chi connectivity index (χ3n) is 4.71. The van der Waals surface area contributed by atoms with Gasteiger partial charge in [-0.15, -0.1) is 6.58 Å². The van der Waals surface area contributed by atoms with Crippen LogP contribution in [0, 0.1) is 11.8 Å². The molecule has 3 unspecified atom stereocenters. The Morgan fingerprint density at radius 3 is 2.43 bits per heavy atom. The topological polar surface area (TPSA) is 172 Å². The fourth-order valence-electron chi connectivity index (χ4n) is 3.18. The van der Waals surface area contributed by atoms with E-state index in [2.05, 4.69) is 11.3 Å². The van der Waals surface area contributed by atoms with Gasteiger partial charge >= 0.3 is 11.9 Å². The summed E-state index contributed by atoms with van der Waals surface area (Å²) < 4.78 is 20.8. The maximum absolute atomic E-state index is 11.9. The van der Waals surface area contributed by atoms with Crippen LogP contribution in [0.1, 0.15) is 6.42 Å². The Morgan fingerprint density at radius 1 is 1.21 bits per heavy atom. The third kappa shape index (κ3) is 4.51. The normalized spacial score (nSPS) is 38.1. The molecule has 1 saturated heterocycles. The molecule has 0 radical (unpaired) electrons. The summed E-state index contributed by atoms with van der Waals surface area (Å²) in [6, 6.07) is 0. The second kappa shape index (κ2) is 9.45. The molecule has 2 rings (SSSR count). The number of carboxylic acids is 1. The van der Waals surface area contributed by atoms with Crippen molar-refractivity contribution in [3.63, 3.8) is 0 Å². The molecule has 0 amide bonds. The lowest BCUT2D eigenvalue weighted by atomic mass is 9.81. The lowest BCUT2D eigenvalue weighted by molar-refractivity contribution is -0.339. The standard InChI is InChI=1S/C17H24O11/c1-3-7-8(4-11(19)20)9(15(24)25-2)6-26-16(7)28-17-14(23)13(22)12(21)10(5-18)27-17/h3,6-8,10,12-14,16-18,21-23H,1,4-5H2,2H3,(H,19,20)/t7?,8?,10-,12-,13+,14-,16?,17+/m1/s1. The van der Waals surface area contributed by atoms with Crippen LogP contribution < -0.4 is 0 Å². The molecule has 158 valence electrons. The van der Waals surface area contributed by atoms with Gasteiger partial charge in [0.05, 0.1) is 32.0 Å². The average molecular weight is 404 g/mol. The van der Waals surface area contributed by atoms with E-state index in [1.54, 1.807) is 0 Å². The van der Waals surface area contributed by atoms with E-state index < -0.39 is 73.8 Å². The number of rotatable bonds is 7. The van der Waals surface area contributed by atoms with Crippen molar-refractivity contribution in [2.75, 3.05) is 13.7 Å². The maximum atomic E-state index is 11.9. The van der Waals surface area contributed by atoms with Crippen molar-refractivity contribution in [2.24, 2.45) is 11.8 Å². The number of aliphatic hydroxyl groups is 4. The van der Waals surface area contributed by atoms with E-state index in [0.29, 0.717) is 0 Å². The zero-order chi connectivity index (χ0) is 21.0. The summed E-state index contributed by atoms with van der Waals surface area (Å²) in [7, 11) is 1.14. The van der Waals surface area contributed by atoms with Crippen LogP contribution in [0.15, 0.2) is 24.5 Å². The van der Waals surface area contributed by atoms with Crippen molar-refractivity contribution >= 4 is 11.9 Å². The fourth-order valence-corrected chi connectivity index (χ4v) is 3.18. The predicted molar refractivity (Wildman–Crippen MR) is 89.3 cm³/mol. The zero-order valence-electron chi connectivity index (χ0n) is 15.1. The van der Waals surface area contributed by atoms with Crippen LogP contribution in [0.4, 0.5) is 0 Å². The Balaban J connectivity index is 2.24. The van der Waals surface area contributed by atoms with Gasteiger partial charge in [-0.25, -0.2) is 4.79 Å². The van der Waals surface area contributed by atoms with E-state index in [1.807, 2.05) is 0 Å². The number of esters is 1. The molecule has 0 aliphatic carbocycles. The molecular weight excluding hydrogens is 380 g/mol. The van der Waals surface area contributed by atoms with Crippen LogP contribution in [0.3, 0.4) is 0 Å². The Hall–Kier alpha value is -2.02. The molecular formula is C17H24O11. The summed E-state index contributed by atoms with van der Waals surface area (Å²) in [5.74, 6) is -3.70. The maximum Gasteiger partial charge on any atom is 0.337 e. The van der Waals surface area contributed by atoms with Crippen LogP contribution in [0.25, 0.3) is 0 Å². The van der Waals surface area contributed by atoms with Crippen LogP contribution in [-0.4, -0.2) is 88.2 Å². The summed E-state index contributed by atoms with van der Waals surface area (Å²) in [5.41, 5.74) is -0.0246. The molecule has 11 heteroatoms. The third-order valence-corrected chi connectivity index (χ3v) is 4.71. The number of aliphatic hydroxyl groups excluding tert-OH is 4. The quantitative estimate of drug-likeness (QED) is 0.237. The van der Waals surface area contributed by atoms with Gasteiger partial charge in [0, 0.05) is 11.8 Å². The molecule has 0 saturated carbocycles. The van der Waals surface area contributed by atoms with E-state index in [0.717, 1.165) is 13.4 Å². The first-order valence-corrected chi connectivity index (χ1v) is 8.49. The van der Waals surface area contributed by atoms with Gasteiger partial charge in [0.2, 0.25) is 6.29 Å². The molecule has 28 heavy (non-hydrogen) atoms. The Bertz CT molecular complexity index is 616. The molecule has 11 nitrogen and oxygen atoms in total. The molecule has 2 aliphatic rings. The predicted octanol–water partition coefficient (Wildman–Crippen LogP) is -1.89. The van der Waals surface area contributed by atoms with Crippen molar-refractivity contribution in [3.05, 3.63) is 24.5 Å². The lowest BCUT2D eigenvalue weighted by Crippen LogP contribution is -2.60. The van der Waals surface area contributed by atoms with Crippen molar-refractivity contribution < 1.29 is 54.1 Å². The van der Waals surface area contributed by atoms with Crippen LogP contribution in [0.5, 0.6) is 0 Å². The van der Waals surface area contributed by atoms with Gasteiger partial charge in [-0.05, 0) is 0 Å². The van der Waals surface area contributed by atoms with Crippen molar-refractivity contribution in [1.29, 1.82) is 0 Å². The summed E-state index contributed by atoms with van der Waals surface area (Å²) in [4.78, 5) is 23.2. The van der Waals surface area contributed by atoms with E-state index >= 15 is 0 Å². The van der Waals surface area contributed by atoms with E-state index in [9.17, 15) is 35.1 Å². The number of carbonyl (C=O) groups is 2. The van der Waals surface area contributed by atoms with Gasteiger partial charge in [0.25, 0.3) is 0 Å². The SMILES string of the molecule is C=CC1C(O[C@@H]2O[C@H](CO)[C@@H](O)[C@H](O)[C@H]2O)OC=C(C(=O)OC)C1CC(=O)O. The molecule has 0 aromatic rings. The van der Waals surface area contributed by atoms with Crippen LogP contribution in [-0.2, 0) is 28.5 Å². The highest BCUT2D eigenvalue weighted by atomic mass is 16.8. The van der Waals surface area contributed by atoms with Crippen LogP contribution >= 0.6 is 0 Å². The molecule has 2 aliphatic heterocycles. The molecule has 2 heterocycles. The minimum absolute atomic E-state index is 0.0246. The number of ether oxygens (including phenoxy) is 4. The van der Waals surface area contributed by atoms with Gasteiger partial charge < -0.3 is 44.5 Å². The highest BCUT2D eigenvalue weighted by Crippen LogP contribution is 2.36. The number of hydrogen-bond acceptors (Lipinski definition) is 10. The lowest BCUT2D eigenvalue weighted by Gasteiger charge is -2.42. The Morgan fingerprint density at radius 2 is 1.89 bits per heavy atom. The van der Waals surface area contributed by atoms with E-state index in [4.69, 9.17) is 14.2 Å². The highest BCUT2D eigenvalue weighted by Gasteiger charge is 2.47. The first kappa shape index (κ1) is 22.3. The number of carbonyl (C=O) groups excluding carboxylic acids is 1. The number of hydrogen-bond donors (Lipinski definition) is 5. The number of carboxylic acid groups (broad SMARTS) is 1. The first-order chi connectivity index (χ1) is 13.2. The van der Waals surface area contributed by atoms with Crippen molar-refractivity contribution in [3.8, 4) is 0 Å². The highest BCUT2D eigenvalue weighted by molar-refractivity contribution is 5.89. The van der Waals surface area contributed by atoms with Crippen molar-refractivity contribution in [2.45, 2.75) is 43.4 Å². The molecule has 0 bridgehead atoms. The summed E-state index contributed by atoms with van der Waals surface area (Å²) >= 11 is 0. The minimum Gasteiger partial charge on any atom is -0.481 e. The summed E-state index contributed by atoms with van der Waals surface area (Å²) in [6.45, 7) is 2.97. The summed E-state index contributed by atoms with van der Waals surface area (Å²) in [5, 5.41) is 48.2. The fraction of sp³-hybridized carbons (Fsp3) is 0.647. The Kier molecular flexibility index (Phi) is 7.52. The van der Waals surface area contributed by atoms with Crippen LogP contribution in [0.2, 0.25) is 0 Å². The second-order valence-electron chi connectivity index (χ2n) is 6.42. The largest absolute Gasteiger partial charge is 0.481 e. The van der Waals surface area contributed by atoms with Gasteiger partial charge in [-0.2, -0.15) is 0 Å². The first-order valence-electron chi connectivity index (χ1n) is 8.49. The zero-order valence-corrected chi connectivity index (χ0v) is 15.1. The molecule has 1 fully saturated rings. The molecule has 0 spiro atoms. The molecule has 8 atom stereocenters. The van der Waals surface area contributed by atoms with Gasteiger partial charge in [-0.1, -0.05) is 6.08 Å². The molecule has 0 aromatic carbocycles. The summed E-state index contributed by atoms with van der Waals surface area (Å²) in [6.07, 6.45) is -6.91. The van der Waals surface area contributed by atoms with Gasteiger partial charge in [-0.3, -0.25) is 4.79 Å². The average Bonchev–Trinajstić information content (AvgIpc) is 2.67. The van der Waals surface area contributed by atoms with Crippen molar-refractivity contribution in [1.82, 2.24) is 0 Å². The van der Waals surface area contributed by atoms with E-state index in [-0.39, 0.29) is 5.57 Å². The Labute approximate surface area is 160 Å². The second-order valence-corrected chi connectivity index (χ2v) is 6.42. The monoisotopic (exact) mass is 404 g/mol. The number of methoxy groups -OCH3 is 1. The van der Waals surface area contributed by atoms with Gasteiger partial charge in [0.15, 0.2) is 6.29 Å². The molecule has 0 aromatic heterocycles.